The number of hydrogen-bond donors (Lipinski definition) is 2. The van der Waals surface area contributed by atoms with E-state index in [1.165, 1.54) is 22.7 Å². The number of nitrogen functional groups attached to an aromatic ring is 1. The van der Waals surface area contributed by atoms with Crippen molar-refractivity contribution in [3.8, 4) is 0 Å². The van der Waals surface area contributed by atoms with Gasteiger partial charge in [-0.3, -0.25) is 10.1 Å². The van der Waals surface area contributed by atoms with Crippen LogP contribution in [0.4, 0.5) is 10.8 Å². The highest BCUT2D eigenvalue weighted by atomic mass is 32.1. The minimum Gasteiger partial charge on any atom is -0.397 e. The molecule has 8 heteroatoms. The van der Waals surface area contributed by atoms with Crippen molar-refractivity contribution in [2.45, 2.75) is 27.2 Å². The van der Waals surface area contributed by atoms with E-state index in [1.54, 1.807) is 0 Å². The van der Waals surface area contributed by atoms with Crippen molar-refractivity contribution in [1.29, 1.82) is 0 Å². The highest BCUT2D eigenvalue weighted by Gasteiger charge is 2.20. The largest absolute Gasteiger partial charge is 0.397 e. The Labute approximate surface area is 158 Å². The van der Waals surface area contributed by atoms with Gasteiger partial charge in [-0.25, -0.2) is 4.98 Å². The summed E-state index contributed by atoms with van der Waals surface area (Å²) in [6.45, 7) is 6.08. The van der Waals surface area contributed by atoms with Crippen molar-refractivity contribution < 1.29 is 4.79 Å². The summed E-state index contributed by atoms with van der Waals surface area (Å²) in [6, 6.07) is 6.16. The minimum atomic E-state index is -0.276. The van der Waals surface area contributed by atoms with Gasteiger partial charge in [0, 0.05) is 10.8 Å². The van der Waals surface area contributed by atoms with Gasteiger partial charge >= 0.3 is 0 Å². The van der Waals surface area contributed by atoms with Crippen molar-refractivity contribution in [3.63, 3.8) is 0 Å². The molecule has 3 N–H and O–H groups in total. The molecule has 0 radical (unpaired) electrons. The van der Waals surface area contributed by atoms with Crippen molar-refractivity contribution >= 4 is 60.5 Å². The van der Waals surface area contributed by atoms with Crippen LogP contribution < -0.4 is 11.1 Å². The summed E-state index contributed by atoms with van der Waals surface area (Å²) in [4.78, 5) is 18.6. The number of carbonyl (C=O) groups is 1. The molecule has 0 aliphatic carbocycles. The highest BCUT2D eigenvalue weighted by molar-refractivity contribution is 7.21. The lowest BCUT2D eigenvalue weighted by Crippen LogP contribution is -2.11. The lowest BCUT2D eigenvalue weighted by Gasteiger charge is -2.05. The summed E-state index contributed by atoms with van der Waals surface area (Å²) < 4.78 is 0. The molecule has 4 rings (SSSR count). The molecule has 0 bridgehead atoms. The number of aromatic nitrogens is 3. The Morgan fingerprint density at radius 3 is 2.65 bits per heavy atom. The SMILES string of the molecule is CCc1nnc(NC(=O)c2sc3nc4c(C)ccc(C)c4cc3c2N)s1. The summed E-state index contributed by atoms with van der Waals surface area (Å²) in [5.41, 5.74) is 9.92. The number of carbonyl (C=O) groups excluding carboxylic acids is 1. The molecule has 0 atom stereocenters. The van der Waals surface area contributed by atoms with Crippen molar-refractivity contribution in [3.05, 3.63) is 39.2 Å². The third-order valence-corrected chi connectivity index (χ3v) is 6.40. The number of amides is 1. The number of aryl methyl sites for hydroxylation is 3. The van der Waals surface area contributed by atoms with E-state index in [4.69, 9.17) is 10.7 Å². The molecule has 0 aliphatic heterocycles. The van der Waals surface area contributed by atoms with Gasteiger partial charge in [-0.05, 0) is 37.5 Å². The summed E-state index contributed by atoms with van der Waals surface area (Å²) in [5.74, 6) is -0.276. The Bertz CT molecular complexity index is 1160. The zero-order chi connectivity index (χ0) is 18.4. The number of anilines is 2. The van der Waals surface area contributed by atoms with Crippen LogP contribution in [0.3, 0.4) is 0 Å². The quantitative estimate of drug-likeness (QED) is 0.550. The van der Waals surface area contributed by atoms with E-state index in [1.807, 2.05) is 26.8 Å². The van der Waals surface area contributed by atoms with E-state index < -0.39 is 0 Å². The number of hydrogen-bond acceptors (Lipinski definition) is 7. The summed E-state index contributed by atoms with van der Waals surface area (Å²) in [7, 11) is 0. The molecule has 6 nitrogen and oxygen atoms in total. The van der Waals surface area contributed by atoms with Crippen molar-refractivity contribution in [2.24, 2.45) is 0 Å². The first-order valence-corrected chi connectivity index (χ1v) is 9.84. The van der Waals surface area contributed by atoms with E-state index in [2.05, 4.69) is 27.6 Å². The highest BCUT2D eigenvalue weighted by Crippen LogP contribution is 2.36. The first-order valence-electron chi connectivity index (χ1n) is 8.20. The molecular formula is C18H17N5OS2. The normalized spacial score (nSPS) is 11.3. The van der Waals surface area contributed by atoms with Gasteiger partial charge in [0.15, 0.2) is 0 Å². The van der Waals surface area contributed by atoms with Gasteiger partial charge in [-0.2, -0.15) is 0 Å². The van der Waals surface area contributed by atoms with Crippen LogP contribution >= 0.6 is 22.7 Å². The van der Waals surface area contributed by atoms with Crippen LogP contribution in [0.2, 0.25) is 0 Å². The average Bonchev–Trinajstić information content (AvgIpc) is 3.21. The molecule has 0 spiro atoms. The maximum absolute atomic E-state index is 12.7. The van der Waals surface area contributed by atoms with Crippen LogP contribution in [0.25, 0.3) is 21.1 Å². The Hall–Kier alpha value is -2.58. The third kappa shape index (κ3) is 2.71. The summed E-state index contributed by atoms with van der Waals surface area (Å²) in [5, 5.41) is 14.0. The van der Waals surface area contributed by atoms with E-state index in [0.717, 1.165) is 43.7 Å². The fourth-order valence-corrected chi connectivity index (χ4v) is 4.48. The Morgan fingerprint density at radius 2 is 1.92 bits per heavy atom. The van der Waals surface area contributed by atoms with E-state index in [9.17, 15) is 4.79 Å². The zero-order valence-electron chi connectivity index (χ0n) is 14.6. The summed E-state index contributed by atoms with van der Waals surface area (Å²) >= 11 is 2.67. The molecule has 0 unspecified atom stereocenters. The van der Waals surface area contributed by atoms with Gasteiger partial charge in [-0.15, -0.1) is 21.5 Å². The fraction of sp³-hybridized carbons (Fsp3) is 0.222. The molecular weight excluding hydrogens is 366 g/mol. The predicted molar refractivity (Wildman–Crippen MR) is 108 cm³/mol. The van der Waals surface area contributed by atoms with Crippen LogP contribution in [0.5, 0.6) is 0 Å². The summed E-state index contributed by atoms with van der Waals surface area (Å²) in [6.07, 6.45) is 0.785. The zero-order valence-corrected chi connectivity index (χ0v) is 16.2. The number of nitrogens with two attached hydrogens (primary N) is 1. The van der Waals surface area contributed by atoms with Crippen LogP contribution in [0, 0.1) is 13.8 Å². The Kier molecular flexibility index (Phi) is 4.08. The minimum absolute atomic E-state index is 0.276. The maximum atomic E-state index is 12.7. The second-order valence-corrected chi connectivity index (χ2v) is 8.15. The van der Waals surface area contributed by atoms with Gasteiger partial charge in [0.2, 0.25) is 5.13 Å². The van der Waals surface area contributed by atoms with Gasteiger partial charge < -0.3 is 5.73 Å². The number of nitrogens with one attached hydrogen (secondary N) is 1. The smallest absolute Gasteiger partial charge is 0.269 e. The Balaban J connectivity index is 1.79. The van der Waals surface area contributed by atoms with Crippen LogP contribution in [-0.4, -0.2) is 21.1 Å². The molecule has 26 heavy (non-hydrogen) atoms. The van der Waals surface area contributed by atoms with E-state index in [-0.39, 0.29) is 5.91 Å². The average molecular weight is 384 g/mol. The van der Waals surface area contributed by atoms with Crippen molar-refractivity contribution in [1.82, 2.24) is 15.2 Å². The number of pyridine rings is 1. The number of nitrogens with zero attached hydrogens (tertiary/aromatic N) is 3. The van der Waals surface area contributed by atoms with Gasteiger partial charge in [-0.1, -0.05) is 30.4 Å². The van der Waals surface area contributed by atoms with Gasteiger partial charge in [0.05, 0.1) is 11.2 Å². The van der Waals surface area contributed by atoms with E-state index in [0.29, 0.717) is 15.7 Å². The van der Waals surface area contributed by atoms with Crippen LogP contribution in [0.15, 0.2) is 18.2 Å². The molecule has 1 aromatic carbocycles. The second-order valence-electron chi connectivity index (χ2n) is 6.09. The molecule has 3 aromatic heterocycles. The first kappa shape index (κ1) is 16.9. The maximum Gasteiger partial charge on any atom is 0.269 e. The molecule has 132 valence electrons. The van der Waals surface area contributed by atoms with Gasteiger partial charge in [0.1, 0.15) is 14.7 Å². The van der Waals surface area contributed by atoms with Crippen LogP contribution in [0.1, 0.15) is 32.7 Å². The number of benzene rings is 1. The van der Waals surface area contributed by atoms with Crippen molar-refractivity contribution in [2.75, 3.05) is 11.1 Å². The molecule has 1 amide bonds. The Morgan fingerprint density at radius 1 is 1.15 bits per heavy atom. The number of rotatable bonds is 3. The second kappa shape index (κ2) is 6.30. The lowest BCUT2D eigenvalue weighted by atomic mass is 10.0. The molecule has 3 heterocycles. The molecule has 0 saturated heterocycles. The predicted octanol–water partition coefficient (Wildman–Crippen LogP) is 4.31. The van der Waals surface area contributed by atoms with Gasteiger partial charge in [0.25, 0.3) is 5.91 Å². The molecule has 0 fully saturated rings. The molecule has 0 saturated carbocycles. The topological polar surface area (TPSA) is 93.8 Å². The third-order valence-electron chi connectivity index (χ3n) is 4.30. The fourth-order valence-electron chi connectivity index (χ4n) is 2.83. The van der Waals surface area contributed by atoms with Crippen LogP contribution in [-0.2, 0) is 6.42 Å². The lowest BCUT2D eigenvalue weighted by molar-refractivity contribution is 0.103. The number of fused-ring (bicyclic) bond motifs is 2. The number of thiophene rings is 1. The molecule has 4 aromatic rings. The monoisotopic (exact) mass is 383 g/mol. The van der Waals surface area contributed by atoms with E-state index >= 15 is 0 Å². The first-order chi connectivity index (χ1) is 12.5. The molecule has 0 aliphatic rings. The standard InChI is InChI=1S/C18H17N5OS2/c1-4-12-22-23-18(25-12)21-16(24)15-13(19)11-7-10-8(2)5-6-9(3)14(10)20-17(11)26-15/h5-7H,4,19H2,1-3H3,(H,21,23,24).